The number of hydrogen-bond donors (Lipinski definition) is 3. The predicted molar refractivity (Wildman–Crippen MR) is 96.7 cm³/mol. The van der Waals surface area contributed by atoms with Gasteiger partial charge in [-0.05, 0) is 32.7 Å². The second kappa shape index (κ2) is 10.0. The van der Waals surface area contributed by atoms with Crippen molar-refractivity contribution in [3.63, 3.8) is 0 Å². The minimum Gasteiger partial charge on any atom is -0.478 e. The van der Waals surface area contributed by atoms with E-state index in [9.17, 15) is 14.7 Å². The Morgan fingerprint density at radius 1 is 1.42 bits per heavy atom. The molecule has 4 atom stereocenters. The summed E-state index contributed by atoms with van der Waals surface area (Å²) in [6.45, 7) is 6.69. The minimum absolute atomic E-state index is 0.0713. The summed E-state index contributed by atoms with van der Waals surface area (Å²) in [5.74, 6) is -1.11. The monoisotopic (exact) mass is 369 g/mol. The van der Waals surface area contributed by atoms with Gasteiger partial charge in [0.1, 0.15) is 0 Å². The van der Waals surface area contributed by atoms with Gasteiger partial charge in [-0.1, -0.05) is 6.08 Å². The van der Waals surface area contributed by atoms with Gasteiger partial charge in [0.25, 0.3) is 0 Å². The highest BCUT2D eigenvalue weighted by Crippen LogP contribution is 2.26. The van der Waals surface area contributed by atoms with Gasteiger partial charge < -0.3 is 25.6 Å². The summed E-state index contributed by atoms with van der Waals surface area (Å²) >= 11 is 0. The topological polar surface area (TPSA) is 114 Å². The molecule has 0 aromatic carbocycles. The van der Waals surface area contributed by atoms with Crippen LogP contribution in [0.3, 0.4) is 0 Å². The van der Waals surface area contributed by atoms with Crippen molar-refractivity contribution in [2.24, 2.45) is 5.73 Å². The maximum atomic E-state index is 11.6. The van der Waals surface area contributed by atoms with Gasteiger partial charge >= 0.3 is 5.97 Å². The molecule has 0 saturated carbocycles. The van der Waals surface area contributed by atoms with Crippen LogP contribution in [0.4, 0.5) is 0 Å². The number of amides is 1. The largest absolute Gasteiger partial charge is 0.478 e. The van der Waals surface area contributed by atoms with Crippen molar-refractivity contribution in [3.05, 3.63) is 11.6 Å². The number of rotatable bonds is 8. The average Bonchev–Trinajstić information content (AvgIpc) is 2.60. The molecule has 1 saturated heterocycles. The highest BCUT2D eigenvalue weighted by Gasteiger charge is 2.38. The molecule has 148 valence electrons. The van der Waals surface area contributed by atoms with E-state index in [4.69, 9.17) is 15.2 Å². The molecule has 1 amide bonds. The average molecular weight is 369 g/mol. The van der Waals surface area contributed by atoms with Gasteiger partial charge in [0.2, 0.25) is 5.91 Å². The molecule has 4 N–H and O–H groups in total. The molecular formula is C18H31N3O5. The van der Waals surface area contributed by atoms with Crippen LogP contribution in [0.15, 0.2) is 11.6 Å². The zero-order valence-electron chi connectivity index (χ0n) is 15.6. The highest BCUT2D eigenvalue weighted by molar-refractivity contribution is 5.87. The van der Waals surface area contributed by atoms with Crippen molar-refractivity contribution >= 4 is 11.9 Å². The quantitative estimate of drug-likeness (QED) is 0.521. The Labute approximate surface area is 154 Å². The number of aliphatic carboxylic acids is 1. The van der Waals surface area contributed by atoms with Gasteiger partial charge in [0, 0.05) is 31.7 Å². The van der Waals surface area contributed by atoms with Crippen molar-refractivity contribution in [2.45, 2.75) is 57.3 Å². The molecule has 0 aromatic rings. The lowest BCUT2D eigenvalue weighted by Gasteiger charge is -2.44. The number of nitrogens with one attached hydrogen (secondary N) is 1. The van der Waals surface area contributed by atoms with Crippen LogP contribution in [-0.2, 0) is 19.1 Å². The number of likely N-dealkylation sites (tertiary alicyclic amines) is 1. The standard InChI is InChI=1S/C18H31N3O5/c1-3-25-7-8-26-14-5-4-6-21(11-14)16-10-13(18(23)24)9-15(19)17(16)20-12(2)22/h10,14-17H,3-9,11,19H2,1-2H3,(H,20,22)(H,23,24)/t14-,15+,16-,17-/m1/s1. The number of nitrogens with two attached hydrogens (primary N) is 1. The predicted octanol–water partition coefficient (Wildman–Crippen LogP) is 0.119. The van der Waals surface area contributed by atoms with E-state index in [2.05, 4.69) is 10.2 Å². The number of piperidine rings is 1. The Bertz CT molecular complexity index is 525. The molecule has 0 unspecified atom stereocenters. The summed E-state index contributed by atoms with van der Waals surface area (Å²) < 4.78 is 11.2. The summed E-state index contributed by atoms with van der Waals surface area (Å²) in [6.07, 6.45) is 3.98. The maximum Gasteiger partial charge on any atom is 0.331 e. The summed E-state index contributed by atoms with van der Waals surface area (Å²) in [6, 6.07) is -0.982. The fourth-order valence-corrected chi connectivity index (χ4v) is 3.72. The molecule has 8 nitrogen and oxygen atoms in total. The second-order valence-electron chi connectivity index (χ2n) is 6.91. The molecule has 26 heavy (non-hydrogen) atoms. The third kappa shape index (κ3) is 5.77. The first-order chi connectivity index (χ1) is 12.4. The van der Waals surface area contributed by atoms with Gasteiger partial charge in [-0.15, -0.1) is 0 Å². The number of ether oxygens (including phenoxy) is 2. The zero-order valence-corrected chi connectivity index (χ0v) is 15.6. The Balaban J connectivity index is 2.08. The number of carboxylic acid groups (broad SMARTS) is 1. The smallest absolute Gasteiger partial charge is 0.331 e. The highest BCUT2D eigenvalue weighted by atomic mass is 16.5. The number of carbonyl (C=O) groups is 2. The molecule has 1 fully saturated rings. The van der Waals surface area contributed by atoms with E-state index in [1.54, 1.807) is 6.08 Å². The Morgan fingerprint density at radius 3 is 2.85 bits per heavy atom. The van der Waals surface area contributed by atoms with E-state index in [1.165, 1.54) is 6.92 Å². The Morgan fingerprint density at radius 2 is 2.19 bits per heavy atom. The SMILES string of the molecule is CCOCCO[C@@H]1CCCN([C@@H]2C=C(C(=O)O)C[C@H](N)[C@H]2NC(C)=O)C1. The van der Waals surface area contributed by atoms with Gasteiger partial charge in [-0.25, -0.2) is 4.79 Å². The molecule has 0 spiro atoms. The van der Waals surface area contributed by atoms with Crippen LogP contribution in [-0.4, -0.2) is 79.0 Å². The molecule has 0 bridgehead atoms. The van der Waals surface area contributed by atoms with Crippen LogP contribution >= 0.6 is 0 Å². The first-order valence-electron chi connectivity index (χ1n) is 9.32. The fraction of sp³-hybridized carbons (Fsp3) is 0.778. The summed E-state index contributed by atoms with van der Waals surface area (Å²) in [7, 11) is 0. The summed E-state index contributed by atoms with van der Waals surface area (Å²) in [4.78, 5) is 25.2. The van der Waals surface area contributed by atoms with Crippen LogP contribution in [0, 0.1) is 0 Å². The lowest BCUT2D eigenvalue weighted by molar-refractivity contribution is -0.133. The van der Waals surface area contributed by atoms with E-state index < -0.39 is 12.0 Å². The van der Waals surface area contributed by atoms with E-state index in [0.717, 1.165) is 19.4 Å². The van der Waals surface area contributed by atoms with Crippen molar-refractivity contribution < 1.29 is 24.2 Å². The lowest BCUT2D eigenvalue weighted by Crippen LogP contribution is -2.62. The van der Waals surface area contributed by atoms with Gasteiger partial charge in [0.05, 0.1) is 31.4 Å². The molecule has 2 aliphatic rings. The molecule has 1 aliphatic heterocycles. The first-order valence-corrected chi connectivity index (χ1v) is 9.32. The van der Waals surface area contributed by atoms with Gasteiger partial charge in [-0.2, -0.15) is 0 Å². The van der Waals surface area contributed by atoms with E-state index in [-0.39, 0.29) is 30.5 Å². The summed E-state index contributed by atoms with van der Waals surface area (Å²) in [5.41, 5.74) is 6.52. The van der Waals surface area contributed by atoms with Crippen molar-refractivity contribution in [1.29, 1.82) is 0 Å². The third-order valence-electron chi connectivity index (χ3n) is 4.92. The van der Waals surface area contributed by atoms with Crippen molar-refractivity contribution in [1.82, 2.24) is 10.2 Å². The van der Waals surface area contributed by atoms with E-state index >= 15 is 0 Å². The number of nitrogens with zero attached hydrogens (tertiary/aromatic N) is 1. The molecule has 1 heterocycles. The third-order valence-corrected chi connectivity index (χ3v) is 4.92. The molecule has 1 aliphatic carbocycles. The van der Waals surface area contributed by atoms with Crippen LogP contribution in [0.1, 0.15) is 33.1 Å². The molecule has 0 aromatic heterocycles. The Hall–Kier alpha value is -1.48. The number of carboxylic acids is 1. The van der Waals surface area contributed by atoms with Crippen LogP contribution in [0.25, 0.3) is 0 Å². The zero-order chi connectivity index (χ0) is 19.1. The fourth-order valence-electron chi connectivity index (χ4n) is 3.72. The lowest BCUT2D eigenvalue weighted by atomic mass is 9.85. The molecular weight excluding hydrogens is 338 g/mol. The second-order valence-corrected chi connectivity index (χ2v) is 6.91. The normalized spacial score (nSPS) is 29.9. The first kappa shape index (κ1) is 20.8. The van der Waals surface area contributed by atoms with E-state index in [0.29, 0.717) is 31.9 Å². The maximum absolute atomic E-state index is 11.6. The molecule has 0 radical (unpaired) electrons. The summed E-state index contributed by atoms with van der Waals surface area (Å²) in [5, 5.41) is 12.3. The number of hydrogen-bond acceptors (Lipinski definition) is 6. The van der Waals surface area contributed by atoms with Crippen molar-refractivity contribution in [3.8, 4) is 0 Å². The molecule has 8 heteroatoms. The van der Waals surface area contributed by atoms with E-state index in [1.807, 2.05) is 6.92 Å². The van der Waals surface area contributed by atoms with Crippen molar-refractivity contribution in [2.75, 3.05) is 32.9 Å². The minimum atomic E-state index is -0.951. The van der Waals surface area contributed by atoms with Crippen LogP contribution < -0.4 is 11.1 Å². The van der Waals surface area contributed by atoms with Crippen LogP contribution in [0.2, 0.25) is 0 Å². The molecule has 2 rings (SSSR count). The van der Waals surface area contributed by atoms with Gasteiger partial charge in [-0.3, -0.25) is 9.69 Å². The van der Waals surface area contributed by atoms with Gasteiger partial charge in [0.15, 0.2) is 0 Å². The van der Waals surface area contributed by atoms with Crippen LogP contribution in [0.5, 0.6) is 0 Å². The Kier molecular flexibility index (Phi) is 8.02. The number of carbonyl (C=O) groups excluding carboxylic acids is 1.